The molecule has 0 unspecified atom stereocenters. The highest BCUT2D eigenvalue weighted by molar-refractivity contribution is 6.27. The molecule has 0 fully saturated rings. The molecule has 2 heterocycles. The van der Waals surface area contributed by atoms with Crippen molar-refractivity contribution in [2.24, 2.45) is 0 Å². The summed E-state index contributed by atoms with van der Waals surface area (Å²) in [5.41, 5.74) is 7.25. The molecule has 0 saturated carbocycles. The van der Waals surface area contributed by atoms with Gasteiger partial charge >= 0.3 is 0 Å². The van der Waals surface area contributed by atoms with Crippen molar-refractivity contribution in [2.45, 2.75) is 26.4 Å². The molecule has 1 aliphatic rings. The second-order valence-electron chi connectivity index (χ2n) is 8.79. The van der Waals surface area contributed by atoms with Gasteiger partial charge in [0.05, 0.1) is 28.9 Å². The number of carbonyl (C=O) groups excluding carboxylic acids is 3. The maximum atomic E-state index is 13.5. The third kappa shape index (κ3) is 4.25. The number of hydrogen-bond donors (Lipinski definition) is 1. The molecule has 1 aliphatic heterocycles. The predicted molar refractivity (Wildman–Crippen MR) is 135 cm³/mol. The molecule has 1 N–H and O–H groups in total. The van der Waals surface area contributed by atoms with Crippen LogP contribution in [0, 0.1) is 6.92 Å². The third-order valence-electron chi connectivity index (χ3n) is 6.33. The second kappa shape index (κ2) is 9.71. The first-order chi connectivity index (χ1) is 17.5. The van der Waals surface area contributed by atoms with E-state index < -0.39 is 17.7 Å². The second-order valence-corrected chi connectivity index (χ2v) is 8.79. The quantitative estimate of drug-likeness (QED) is 0.397. The Labute approximate surface area is 208 Å². The zero-order valence-electron chi connectivity index (χ0n) is 20.1. The van der Waals surface area contributed by atoms with Crippen molar-refractivity contribution in [1.82, 2.24) is 15.4 Å². The van der Waals surface area contributed by atoms with Crippen molar-refractivity contribution in [3.8, 4) is 0 Å². The first kappa shape index (κ1) is 23.4. The van der Waals surface area contributed by atoms with E-state index in [1.165, 1.54) is 7.11 Å². The Morgan fingerprint density at radius 1 is 0.917 bits per heavy atom. The lowest BCUT2D eigenvalue weighted by Crippen LogP contribution is -2.46. The van der Waals surface area contributed by atoms with Gasteiger partial charge in [-0.3, -0.25) is 19.8 Å². The summed E-state index contributed by atoms with van der Waals surface area (Å²) in [6.07, 6.45) is 1.40. The number of carbonyl (C=O) groups is 3. The van der Waals surface area contributed by atoms with Crippen molar-refractivity contribution in [3.63, 3.8) is 0 Å². The number of nitrogens with one attached hydrogen (secondary N) is 1. The Kier molecular flexibility index (Phi) is 6.31. The number of fused-ring (bicyclic) bond motifs is 3. The molecule has 36 heavy (non-hydrogen) atoms. The van der Waals surface area contributed by atoms with Crippen molar-refractivity contribution in [1.29, 1.82) is 0 Å². The van der Waals surface area contributed by atoms with Crippen molar-refractivity contribution in [3.05, 3.63) is 112 Å². The SMILES string of the molecule is COCc1nc2ccc(C)cc2c2c1C(=O)N(NC(=O)c1ccccc1CCc1ccccc1)C2=O. The standard InChI is InChI=1S/C29H25N3O4/c1-18-12-15-23-22(16-18)25-26(24(30-23)17-36-2)29(35)32(28(25)34)31-27(33)21-11-7-6-10-20(21)14-13-19-8-4-3-5-9-19/h3-12,15-16H,13-14,17H2,1-2H3,(H,31,33). The number of methoxy groups -OCH3 is 1. The predicted octanol–water partition coefficient (Wildman–Crippen LogP) is 4.42. The van der Waals surface area contributed by atoms with Gasteiger partial charge in [-0.25, -0.2) is 4.98 Å². The summed E-state index contributed by atoms with van der Waals surface area (Å²) in [4.78, 5) is 44.7. The van der Waals surface area contributed by atoms with Gasteiger partial charge in [0, 0.05) is 18.1 Å². The van der Waals surface area contributed by atoms with E-state index in [2.05, 4.69) is 10.4 Å². The minimum atomic E-state index is -0.618. The number of imide groups is 1. The fourth-order valence-electron chi connectivity index (χ4n) is 4.58. The number of hydrazine groups is 1. The monoisotopic (exact) mass is 479 g/mol. The highest BCUT2D eigenvalue weighted by atomic mass is 16.5. The van der Waals surface area contributed by atoms with Gasteiger partial charge in [-0.05, 0) is 49.1 Å². The number of nitrogens with zero attached hydrogens (tertiary/aromatic N) is 2. The molecule has 180 valence electrons. The van der Waals surface area contributed by atoms with Crippen LogP contribution in [0.4, 0.5) is 0 Å². The molecule has 5 rings (SSSR count). The molecular formula is C29H25N3O4. The Balaban J connectivity index is 1.45. The van der Waals surface area contributed by atoms with E-state index in [0.717, 1.165) is 28.1 Å². The van der Waals surface area contributed by atoms with Crippen molar-refractivity contribution < 1.29 is 19.1 Å². The topological polar surface area (TPSA) is 88.6 Å². The van der Waals surface area contributed by atoms with Crippen molar-refractivity contribution >= 4 is 28.6 Å². The molecule has 0 bridgehead atoms. The molecule has 0 aliphatic carbocycles. The average molecular weight is 480 g/mol. The number of benzene rings is 3. The van der Waals surface area contributed by atoms with Crippen LogP contribution in [0.1, 0.15) is 53.5 Å². The van der Waals surface area contributed by atoms with Gasteiger partial charge in [-0.15, -0.1) is 0 Å². The van der Waals surface area contributed by atoms with Crippen LogP contribution < -0.4 is 5.43 Å². The van der Waals surface area contributed by atoms with Gasteiger partial charge in [0.25, 0.3) is 17.7 Å². The normalized spacial score (nSPS) is 12.8. The molecule has 0 atom stereocenters. The van der Waals surface area contributed by atoms with Gasteiger partial charge in [0.1, 0.15) is 0 Å². The Morgan fingerprint density at radius 2 is 1.64 bits per heavy atom. The van der Waals surface area contributed by atoms with Gasteiger partial charge in [0.2, 0.25) is 0 Å². The number of aryl methyl sites for hydroxylation is 3. The fourth-order valence-corrected chi connectivity index (χ4v) is 4.58. The van der Waals surface area contributed by atoms with E-state index in [4.69, 9.17) is 4.74 Å². The zero-order valence-corrected chi connectivity index (χ0v) is 20.1. The number of pyridine rings is 1. The van der Waals surface area contributed by atoms with E-state index >= 15 is 0 Å². The summed E-state index contributed by atoms with van der Waals surface area (Å²) >= 11 is 0. The lowest BCUT2D eigenvalue weighted by Gasteiger charge is -2.17. The molecule has 7 nitrogen and oxygen atoms in total. The highest BCUT2D eigenvalue weighted by Crippen LogP contribution is 2.32. The molecule has 0 radical (unpaired) electrons. The lowest BCUT2D eigenvalue weighted by molar-refractivity contribution is 0.0517. The van der Waals surface area contributed by atoms with Crippen LogP contribution in [0.25, 0.3) is 10.9 Å². The van der Waals surface area contributed by atoms with Crippen LogP contribution in [-0.2, 0) is 24.2 Å². The van der Waals surface area contributed by atoms with Gasteiger partial charge < -0.3 is 4.74 Å². The Bertz CT molecular complexity index is 1500. The summed E-state index contributed by atoms with van der Waals surface area (Å²) < 4.78 is 5.24. The molecule has 7 heteroatoms. The average Bonchev–Trinajstić information content (AvgIpc) is 3.14. The Morgan fingerprint density at radius 3 is 2.42 bits per heavy atom. The van der Waals surface area contributed by atoms with E-state index in [1.54, 1.807) is 12.1 Å². The van der Waals surface area contributed by atoms with Crippen LogP contribution in [0.2, 0.25) is 0 Å². The maximum Gasteiger partial charge on any atom is 0.282 e. The van der Waals surface area contributed by atoms with Crippen LogP contribution in [-0.4, -0.2) is 34.8 Å². The molecule has 3 amide bonds. The summed E-state index contributed by atoms with van der Waals surface area (Å²) in [6, 6.07) is 22.8. The van der Waals surface area contributed by atoms with Gasteiger partial charge in [-0.2, -0.15) is 5.01 Å². The largest absolute Gasteiger partial charge is 0.378 e. The number of ether oxygens (including phenoxy) is 1. The molecule has 0 spiro atoms. The van der Waals surface area contributed by atoms with Crippen LogP contribution in [0.5, 0.6) is 0 Å². The lowest BCUT2D eigenvalue weighted by atomic mass is 9.99. The summed E-state index contributed by atoms with van der Waals surface area (Å²) in [7, 11) is 1.50. The molecule has 1 aromatic heterocycles. The fraction of sp³-hybridized carbons (Fsp3) is 0.172. The highest BCUT2D eigenvalue weighted by Gasteiger charge is 2.41. The molecular weight excluding hydrogens is 454 g/mol. The molecule has 4 aromatic rings. The van der Waals surface area contributed by atoms with Crippen LogP contribution in [0.15, 0.2) is 72.8 Å². The molecule has 0 saturated heterocycles. The maximum absolute atomic E-state index is 13.5. The van der Waals surface area contributed by atoms with Crippen LogP contribution >= 0.6 is 0 Å². The van der Waals surface area contributed by atoms with E-state index in [1.807, 2.05) is 67.6 Å². The number of aromatic nitrogens is 1. The first-order valence-corrected chi connectivity index (χ1v) is 11.7. The first-order valence-electron chi connectivity index (χ1n) is 11.7. The number of hydrogen-bond acceptors (Lipinski definition) is 5. The zero-order chi connectivity index (χ0) is 25.2. The Hall–Kier alpha value is -4.36. The smallest absolute Gasteiger partial charge is 0.282 e. The van der Waals surface area contributed by atoms with Crippen LogP contribution in [0.3, 0.4) is 0 Å². The molecule has 3 aromatic carbocycles. The van der Waals surface area contributed by atoms with Crippen molar-refractivity contribution in [2.75, 3.05) is 7.11 Å². The number of rotatable bonds is 7. The summed E-state index contributed by atoms with van der Waals surface area (Å²) in [5, 5.41) is 1.37. The third-order valence-corrected chi connectivity index (χ3v) is 6.33. The van der Waals surface area contributed by atoms with Gasteiger partial charge in [0.15, 0.2) is 0 Å². The summed E-state index contributed by atoms with van der Waals surface area (Å²) in [5.74, 6) is -1.72. The minimum absolute atomic E-state index is 0.0648. The van der Waals surface area contributed by atoms with E-state index in [-0.39, 0.29) is 17.7 Å². The van der Waals surface area contributed by atoms with Gasteiger partial charge in [-0.1, -0.05) is 60.2 Å². The van der Waals surface area contributed by atoms with E-state index in [0.29, 0.717) is 28.6 Å². The van der Waals surface area contributed by atoms with E-state index in [9.17, 15) is 14.4 Å². The minimum Gasteiger partial charge on any atom is -0.378 e. The summed E-state index contributed by atoms with van der Waals surface area (Å²) in [6.45, 7) is 1.97. The number of amides is 3.